The molecule has 1 saturated heterocycles. The maximum absolute atomic E-state index is 12.8. The van der Waals surface area contributed by atoms with E-state index in [1.165, 1.54) is 16.3 Å². The van der Waals surface area contributed by atoms with Crippen LogP contribution in [0.2, 0.25) is 5.02 Å². The standard InChI is InChI=1S/C20H23ClN4O4S/c1-3-7-25-18(27)15-6-5-14(21)12-16(15)22-19(25)30-13-17(26)23-8-10-24(11-9-23)20(28)29-4-2/h3,5-6,12H,1,4,7-11,13H2,2H3. The second-order valence-corrected chi connectivity index (χ2v) is 7.99. The van der Waals surface area contributed by atoms with E-state index in [1.54, 1.807) is 41.0 Å². The number of fused-ring (bicyclic) bond motifs is 1. The lowest BCUT2D eigenvalue weighted by atomic mass is 10.2. The topological polar surface area (TPSA) is 84.7 Å². The summed E-state index contributed by atoms with van der Waals surface area (Å²) >= 11 is 7.24. The Labute approximate surface area is 183 Å². The van der Waals surface area contributed by atoms with Crippen LogP contribution in [0.4, 0.5) is 4.79 Å². The SMILES string of the molecule is C=CCn1c(SCC(=O)N2CCN(C(=O)OCC)CC2)nc2cc(Cl)ccc2c1=O. The van der Waals surface area contributed by atoms with Crippen molar-refractivity contribution in [2.24, 2.45) is 0 Å². The van der Waals surface area contributed by atoms with E-state index in [4.69, 9.17) is 16.3 Å². The predicted molar refractivity (Wildman–Crippen MR) is 117 cm³/mol. The number of amides is 2. The lowest BCUT2D eigenvalue weighted by Crippen LogP contribution is -2.51. The van der Waals surface area contributed by atoms with Crippen LogP contribution in [0.5, 0.6) is 0 Å². The van der Waals surface area contributed by atoms with E-state index in [-0.39, 0.29) is 23.3 Å². The number of ether oxygens (including phenoxy) is 1. The van der Waals surface area contributed by atoms with Crippen LogP contribution in [0, 0.1) is 0 Å². The van der Waals surface area contributed by atoms with Gasteiger partial charge in [-0.25, -0.2) is 9.78 Å². The molecule has 0 unspecified atom stereocenters. The lowest BCUT2D eigenvalue weighted by molar-refractivity contribution is -0.129. The highest BCUT2D eigenvalue weighted by atomic mass is 35.5. The van der Waals surface area contributed by atoms with E-state index < -0.39 is 0 Å². The number of hydrogen-bond acceptors (Lipinski definition) is 6. The quantitative estimate of drug-likeness (QED) is 0.382. The molecule has 0 radical (unpaired) electrons. The largest absolute Gasteiger partial charge is 0.450 e. The zero-order valence-electron chi connectivity index (χ0n) is 16.7. The number of aromatic nitrogens is 2. The molecule has 1 aromatic heterocycles. The molecular weight excluding hydrogens is 428 g/mol. The fourth-order valence-corrected chi connectivity index (χ4v) is 4.22. The van der Waals surface area contributed by atoms with E-state index in [1.807, 2.05) is 0 Å². The zero-order chi connectivity index (χ0) is 21.7. The van der Waals surface area contributed by atoms with Gasteiger partial charge in [0.25, 0.3) is 5.56 Å². The molecule has 10 heteroatoms. The highest BCUT2D eigenvalue weighted by Crippen LogP contribution is 2.21. The Balaban J connectivity index is 1.70. The first-order valence-electron chi connectivity index (χ1n) is 9.57. The summed E-state index contributed by atoms with van der Waals surface area (Å²) < 4.78 is 6.49. The third-order valence-electron chi connectivity index (χ3n) is 4.68. The molecule has 0 aliphatic carbocycles. The number of hydrogen-bond donors (Lipinski definition) is 0. The van der Waals surface area contributed by atoms with E-state index in [0.29, 0.717) is 60.4 Å². The van der Waals surface area contributed by atoms with Gasteiger partial charge in [-0.2, -0.15) is 0 Å². The predicted octanol–water partition coefficient (Wildman–Crippen LogP) is 2.63. The van der Waals surface area contributed by atoms with Gasteiger partial charge in [0.2, 0.25) is 5.91 Å². The normalized spacial score (nSPS) is 14.1. The number of thioether (sulfide) groups is 1. The van der Waals surface area contributed by atoms with Crippen molar-refractivity contribution in [1.29, 1.82) is 0 Å². The first-order valence-corrected chi connectivity index (χ1v) is 10.9. The van der Waals surface area contributed by atoms with E-state index in [0.717, 1.165) is 0 Å². The molecule has 1 aliphatic heterocycles. The molecule has 30 heavy (non-hydrogen) atoms. The van der Waals surface area contributed by atoms with Crippen molar-refractivity contribution in [3.05, 3.63) is 46.2 Å². The van der Waals surface area contributed by atoms with Crippen LogP contribution < -0.4 is 5.56 Å². The van der Waals surface area contributed by atoms with Crippen molar-refractivity contribution in [1.82, 2.24) is 19.4 Å². The molecule has 0 bridgehead atoms. The monoisotopic (exact) mass is 450 g/mol. The Morgan fingerprint density at radius 2 is 1.97 bits per heavy atom. The molecule has 0 atom stereocenters. The van der Waals surface area contributed by atoms with Gasteiger partial charge >= 0.3 is 6.09 Å². The van der Waals surface area contributed by atoms with E-state index in [2.05, 4.69) is 11.6 Å². The van der Waals surface area contributed by atoms with Gasteiger partial charge in [-0.3, -0.25) is 14.2 Å². The smallest absolute Gasteiger partial charge is 0.409 e. The average Bonchev–Trinajstić information content (AvgIpc) is 2.74. The second-order valence-electron chi connectivity index (χ2n) is 6.62. The van der Waals surface area contributed by atoms with Gasteiger partial charge in [-0.05, 0) is 25.1 Å². The molecule has 2 amide bonds. The molecule has 0 spiro atoms. The summed E-state index contributed by atoms with van der Waals surface area (Å²) in [4.78, 5) is 45.1. The molecule has 2 aromatic rings. The molecule has 3 rings (SSSR count). The minimum Gasteiger partial charge on any atom is -0.450 e. The van der Waals surface area contributed by atoms with Crippen LogP contribution in [-0.2, 0) is 16.1 Å². The summed E-state index contributed by atoms with van der Waals surface area (Å²) in [5.74, 6) is 0.0591. The summed E-state index contributed by atoms with van der Waals surface area (Å²) in [5.41, 5.74) is 0.292. The molecule has 0 saturated carbocycles. The van der Waals surface area contributed by atoms with Gasteiger partial charge in [-0.15, -0.1) is 6.58 Å². The molecule has 1 aromatic carbocycles. The summed E-state index contributed by atoms with van der Waals surface area (Å²) in [7, 11) is 0. The van der Waals surface area contributed by atoms with Gasteiger partial charge in [-0.1, -0.05) is 29.4 Å². The van der Waals surface area contributed by atoms with Gasteiger partial charge in [0.1, 0.15) is 0 Å². The molecule has 8 nitrogen and oxygen atoms in total. The molecule has 2 heterocycles. The summed E-state index contributed by atoms with van der Waals surface area (Å²) in [6, 6.07) is 4.93. The molecule has 1 fully saturated rings. The highest BCUT2D eigenvalue weighted by Gasteiger charge is 2.25. The highest BCUT2D eigenvalue weighted by molar-refractivity contribution is 7.99. The van der Waals surface area contributed by atoms with E-state index in [9.17, 15) is 14.4 Å². The van der Waals surface area contributed by atoms with Crippen molar-refractivity contribution >= 4 is 46.3 Å². The van der Waals surface area contributed by atoms with Crippen LogP contribution in [-0.4, -0.2) is 69.9 Å². The fourth-order valence-electron chi connectivity index (χ4n) is 3.14. The number of piperazine rings is 1. The minimum absolute atomic E-state index is 0.0749. The van der Waals surface area contributed by atoms with Crippen LogP contribution in [0.1, 0.15) is 6.92 Å². The summed E-state index contributed by atoms with van der Waals surface area (Å²) in [5, 5.41) is 1.39. The number of nitrogens with zero attached hydrogens (tertiary/aromatic N) is 4. The molecule has 1 aliphatic rings. The van der Waals surface area contributed by atoms with E-state index >= 15 is 0 Å². The van der Waals surface area contributed by atoms with Crippen molar-refractivity contribution in [3.63, 3.8) is 0 Å². The van der Waals surface area contributed by atoms with Crippen LogP contribution >= 0.6 is 23.4 Å². The number of benzene rings is 1. The van der Waals surface area contributed by atoms with Crippen LogP contribution in [0.3, 0.4) is 0 Å². The van der Waals surface area contributed by atoms with Gasteiger partial charge < -0.3 is 14.5 Å². The fraction of sp³-hybridized carbons (Fsp3) is 0.400. The first-order chi connectivity index (χ1) is 14.4. The van der Waals surface area contributed by atoms with Crippen molar-refractivity contribution in [2.45, 2.75) is 18.6 Å². The van der Waals surface area contributed by atoms with Gasteiger partial charge in [0.15, 0.2) is 5.16 Å². The number of rotatable bonds is 6. The Bertz CT molecular complexity index is 1020. The third-order valence-corrected chi connectivity index (χ3v) is 5.87. The van der Waals surface area contributed by atoms with Crippen molar-refractivity contribution < 1.29 is 14.3 Å². The van der Waals surface area contributed by atoms with Gasteiger partial charge in [0.05, 0.1) is 23.3 Å². The third kappa shape index (κ3) is 4.96. The average molecular weight is 451 g/mol. The molecule has 0 N–H and O–H groups in total. The molecular formula is C20H23ClN4O4S. The van der Waals surface area contributed by atoms with Crippen LogP contribution in [0.15, 0.2) is 40.8 Å². The lowest BCUT2D eigenvalue weighted by Gasteiger charge is -2.34. The Kier molecular flexibility index (Phi) is 7.38. The van der Waals surface area contributed by atoms with Crippen molar-refractivity contribution in [3.8, 4) is 0 Å². The summed E-state index contributed by atoms with van der Waals surface area (Å²) in [6.45, 7) is 7.83. The second kappa shape index (κ2) is 9.99. The molecule has 160 valence electrons. The maximum atomic E-state index is 12.8. The number of halogens is 1. The van der Waals surface area contributed by atoms with Crippen LogP contribution in [0.25, 0.3) is 10.9 Å². The summed E-state index contributed by atoms with van der Waals surface area (Å²) in [6.07, 6.45) is 1.26. The zero-order valence-corrected chi connectivity index (χ0v) is 18.2. The van der Waals surface area contributed by atoms with Crippen molar-refractivity contribution in [2.75, 3.05) is 38.5 Å². The Morgan fingerprint density at radius 1 is 1.27 bits per heavy atom. The first kappa shape index (κ1) is 22.2. The number of allylic oxidation sites excluding steroid dienone is 1. The minimum atomic E-state index is -0.355. The Hall–Kier alpha value is -2.52. The number of carbonyl (C=O) groups excluding carboxylic acids is 2. The van der Waals surface area contributed by atoms with Gasteiger partial charge in [0, 0.05) is 37.7 Å². The Morgan fingerprint density at radius 3 is 2.63 bits per heavy atom. The number of carbonyl (C=O) groups is 2. The maximum Gasteiger partial charge on any atom is 0.409 e.